The van der Waals surface area contributed by atoms with Crippen LogP contribution in [0, 0.1) is 11.7 Å². The molecule has 1 atom stereocenters. The average molecular weight is 360 g/mol. The summed E-state index contributed by atoms with van der Waals surface area (Å²) in [5.41, 5.74) is 0.984. The number of imidazole rings is 1. The number of carbonyl (C=O) groups is 1. The molecule has 1 aliphatic heterocycles. The Morgan fingerprint density at radius 3 is 2.62 bits per heavy atom. The molecule has 7 heteroatoms. The number of rotatable bonds is 4. The molecule has 1 aromatic carbocycles. The minimum absolute atomic E-state index is 0.155. The zero-order chi connectivity index (χ0) is 18.7. The van der Waals surface area contributed by atoms with Crippen LogP contribution >= 0.6 is 0 Å². The number of aromatic amines is 2. The van der Waals surface area contributed by atoms with Gasteiger partial charge in [-0.2, -0.15) is 0 Å². The molecule has 0 unspecified atom stereocenters. The molecule has 0 aliphatic carbocycles. The van der Waals surface area contributed by atoms with Gasteiger partial charge in [0.05, 0.1) is 0 Å². The summed E-state index contributed by atoms with van der Waals surface area (Å²) in [6.45, 7) is 7.14. The molecule has 0 radical (unpaired) electrons. The largest absolute Gasteiger partial charge is 0.336 e. The fourth-order valence-corrected chi connectivity index (χ4v) is 3.52. The van der Waals surface area contributed by atoms with E-state index in [-0.39, 0.29) is 23.5 Å². The molecular formula is C19H25FN4O2. The van der Waals surface area contributed by atoms with Gasteiger partial charge in [0.2, 0.25) is 0 Å². The van der Waals surface area contributed by atoms with Crippen LogP contribution in [0.3, 0.4) is 0 Å². The molecule has 1 aliphatic rings. The Labute approximate surface area is 152 Å². The maximum Gasteiger partial charge on any atom is 0.323 e. The van der Waals surface area contributed by atoms with Gasteiger partial charge in [0.1, 0.15) is 11.5 Å². The maximum absolute atomic E-state index is 13.2. The van der Waals surface area contributed by atoms with Crippen LogP contribution in [0.2, 0.25) is 0 Å². The number of aromatic nitrogens is 2. The predicted molar refractivity (Wildman–Crippen MR) is 97.4 cm³/mol. The fourth-order valence-electron chi connectivity index (χ4n) is 3.52. The third kappa shape index (κ3) is 4.22. The SMILES string of the molecule is CC(C)[C@H]1CN(C(=O)c2c[nH]c(=O)[nH]2)CCCN1Cc1ccc(F)cc1. The van der Waals surface area contributed by atoms with Crippen molar-refractivity contribution in [3.05, 3.63) is 58.0 Å². The van der Waals surface area contributed by atoms with Gasteiger partial charge >= 0.3 is 5.69 Å². The third-order valence-electron chi connectivity index (χ3n) is 4.93. The zero-order valence-corrected chi connectivity index (χ0v) is 15.2. The monoisotopic (exact) mass is 360 g/mol. The molecule has 6 nitrogen and oxygen atoms in total. The minimum atomic E-state index is -0.374. The number of nitrogens with zero attached hydrogens (tertiary/aromatic N) is 2. The van der Waals surface area contributed by atoms with Crippen molar-refractivity contribution in [2.45, 2.75) is 32.9 Å². The number of amides is 1. The van der Waals surface area contributed by atoms with Crippen molar-refractivity contribution in [2.75, 3.05) is 19.6 Å². The predicted octanol–water partition coefficient (Wildman–Crippen LogP) is 2.21. The van der Waals surface area contributed by atoms with E-state index in [2.05, 4.69) is 28.7 Å². The lowest BCUT2D eigenvalue weighted by molar-refractivity contribution is 0.0697. The van der Waals surface area contributed by atoms with Crippen LogP contribution in [0.15, 0.2) is 35.3 Å². The lowest BCUT2D eigenvalue weighted by atomic mass is 10.0. The molecule has 140 valence electrons. The number of hydrogen-bond acceptors (Lipinski definition) is 3. The Morgan fingerprint density at radius 2 is 2.00 bits per heavy atom. The van der Waals surface area contributed by atoms with Crippen molar-refractivity contribution < 1.29 is 9.18 Å². The van der Waals surface area contributed by atoms with Gasteiger partial charge in [-0.25, -0.2) is 9.18 Å². The van der Waals surface area contributed by atoms with E-state index in [1.165, 1.54) is 18.3 Å². The first-order valence-corrected chi connectivity index (χ1v) is 8.99. The topological polar surface area (TPSA) is 72.2 Å². The van der Waals surface area contributed by atoms with Crippen LogP contribution in [-0.2, 0) is 6.54 Å². The van der Waals surface area contributed by atoms with Crippen molar-refractivity contribution in [3.63, 3.8) is 0 Å². The molecule has 2 heterocycles. The molecule has 0 spiro atoms. The molecule has 1 aromatic heterocycles. The number of carbonyl (C=O) groups excluding carboxylic acids is 1. The third-order valence-corrected chi connectivity index (χ3v) is 4.93. The molecule has 2 N–H and O–H groups in total. The summed E-state index contributed by atoms with van der Waals surface area (Å²) < 4.78 is 13.2. The normalized spacial score (nSPS) is 18.9. The first kappa shape index (κ1) is 18.4. The average Bonchev–Trinajstić information content (AvgIpc) is 2.93. The number of nitrogens with one attached hydrogen (secondary N) is 2. The minimum Gasteiger partial charge on any atom is -0.336 e. The van der Waals surface area contributed by atoms with E-state index in [1.807, 2.05) is 17.0 Å². The fraction of sp³-hybridized carbons (Fsp3) is 0.474. The van der Waals surface area contributed by atoms with Crippen molar-refractivity contribution in [1.29, 1.82) is 0 Å². The number of H-pyrrole nitrogens is 2. The van der Waals surface area contributed by atoms with Crippen LogP contribution in [0.1, 0.15) is 36.3 Å². The van der Waals surface area contributed by atoms with Gasteiger partial charge in [-0.05, 0) is 30.0 Å². The van der Waals surface area contributed by atoms with Gasteiger partial charge in [-0.15, -0.1) is 0 Å². The molecule has 26 heavy (non-hydrogen) atoms. The van der Waals surface area contributed by atoms with Crippen molar-refractivity contribution >= 4 is 5.91 Å². The van der Waals surface area contributed by atoms with Gasteiger partial charge in [0.25, 0.3) is 5.91 Å². The van der Waals surface area contributed by atoms with E-state index in [0.717, 1.165) is 25.1 Å². The highest BCUT2D eigenvalue weighted by Gasteiger charge is 2.30. The quantitative estimate of drug-likeness (QED) is 0.878. The maximum atomic E-state index is 13.2. The second kappa shape index (κ2) is 7.86. The summed E-state index contributed by atoms with van der Waals surface area (Å²) in [5, 5.41) is 0. The highest BCUT2D eigenvalue weighted by atomic mass is 19.1. The van der Waals surface area contributed by atoms with E-state index in [9.17, 15) is 14.0 Å². The molecule has 1 fully saturated rings. The highest BCUT2D eigenvalue weighted by Crippen LogP contribution is 2.21. The van der Waals surface area contributed by atoms with Gasteiger partial charge in [0.15, 0.2) is 0 Å². The van der Waals surface area contributed by atoms with Crippen LogP contribution in [0.4, 0.5) is 4.39 Å². The Bertz CT molecular complexity index is 796. The van der Waals surface area contributed by atoms with Crippen molar-refractivity contribution in [1.82, 2.24) is 19.8 Å². The molecular weight excluding hydrogens is 335 g/mol. The highest BCUT2D eigenvalue weighted by molar-refractivity contribution is 5.92. The summed E-state index contributed by atoms with van der Waals surface area (Å²) in [7, 11) is 0. The molecule has 0 bridgehead atoms. The summed E-state index contributed by atoms with van der Waals surface area (Å²) in [6.07, 6.45) is 2.28. The molecule has 0 saturated carbocycles. The summed E-state index contributed by atoms with van der Waals surface area (Å²) in [5.74, 6) is -0.0333. The van der Waals surface area contributed by atoms with Crippen molar-refractivity contribution in [3.8, 4) is 0 Å². The van der Waals surface area contributed by atoms with E-state index >= 15 is 0 Å². The van der Waals surface area contributed by atoms with Gasteiger partial charge in [-0.1, -0.05) is 26.0 Å². The number of hydrogen-bond donors (Lipinski definition) is 2. The van der Waals surface area contributed by atoms with Gasteiger partial charge in [0, 0.05) is 38.4 Å². The lowest BCUT2D eigenvalue weighted by Crippen LogP contribution is -2.45. The van der Waals surface area contributed by atoms with Crippen LogP contribution < -0.4 is 5.69 Å². The standard InChI is InChI=1S/C19H25FN4O2/c1-13(2)17-12-24(18(25)16-10-21-19(26)22-16)9-3-8-23(17)11-14-4-6-15(20)7-5-14/h4-7,10,13,17H,3,8-9,11-12H2,1-2H3,(H2,21,22,26)/t17-/m1/s1. The molecule has 1 saturated heterocycles. The van der Waals surface area contributed by atoms with E-state index in [1.54, 1.807) is 0 Å². The Kier molecular flexibility index (Phi) is 5.56. The second-order valence-corrected chi connectivity index (χ2v) is 7.17. The number of halogens is 1. The summed E-state index contributed by atoms with van der Waals surface area (Å²) in [6, 6.07) is 6.78. The van der Waals surface area contributed by atoms with E-state index in [0.29, 0.717) is 24.7 Å². The van der Waals surface area contributed by atoms with Crippen LogP contribution in [0.5, 0.6) is 0 Å². The van der Waals surface area contributed by atoms with Crippen LogP contribution in [-0.4, -0.2) is 51.4 Å². The Morgan fingerprint density at radius 1 is 1.27 bits per heavy atom. The zero-order valence-electron chi connectivity index (χ0n) is 15.2. The molecule has 1 amide bonds. The van der Waals surface area contributed by atoms with E-state index in [4.69, 9.17) is 0 Å². The first-order chi connectivity index (χ1) is 12.4. The summed E-state index contributed by atoms with van der Waals surface area (Å²) >= 11 is 0. The van der Waals surface area contributed by atoms with Crippen molar-refractivity contribution in [2.24, 2.45) is 5.92 Å². The molecule has 3 rings (SSSR count). The van der Waals surface area contributed by atoms with Gasteiger partial charge < -0.3 is 14.9 Å². The smallest absolute Gasteiger partial charge is 0.323 e. The van der Waals surface area contributed by atoms with E-state index < -0.39 is 0 Å². The summed E-state index contributed by atoms with van der Waals surface area (Å²) in [4.78, 5) is 33.2. The van der Waals surface area contributed by atoms with Crippen LogP contribution in [0.25, 0.3) is 0 Å². The van der Waals surface area contributed by atoms with Gasteiger partial charge in [-0.3, -0.25) is 9.69 Å². The number of benzene rings is 1. The Balaban J connectivity index is 1.75. The first-order valence-electron chi connectivity index (χ1n) is 8.99. The second-order valence-electron chi connectivity index (χ2n) is 7.17. The lowest BCUT2D eigenvalue weighted by Gasteiger charge is -2.34. The Hall–Kier alpha value is -2.41. The molecule has 2 aromatic rings.